The van der Waals surface area contributed by atoms with Crippen LogP contribution in [0.1, 0.15) is 0 Å². The van der Waals surface area contributed by atoms with Crippen LogP contribution in [-0.2, 0) is 0 Å². The summed E-state index contributed by atoms with van der Waals surface area (Å²) >= 11 is 1.85. The number of hydrogen-bond donors (Lipinski definition) is 0. The van der Waals surface area contributed by atoms with Crippen molar-refractivity contribution in [1.82, 2.24) is 9.13 Å². The molecule has 0 saturated carbocycles. The fourth-order valence-electron chi connectivity index (χ4n) is 18.2. The van der Waals surface area contributed by atoms with Gasteiger partial charge in [0.05, 0.1) is 22.1 Å². The number of anilines is 12. The van der Waals surface area contributed by atoms with Crippen LogP contribution >= 0.6 is 11.3 Å². The van der Waals surface area contributed by atoms with E-state index < -0.39 is 0 Å². The molecular formula is C114H76N6O2S. The van der Waals surface area contributed by atoms with Crippen molar-refractivity contribution in [1.29, 1.82) is 0 Å². The summed E-state index contributed by atoms with van der Waals surface area (Å²) in [4.78, 5) is 9.33. The van der Waals surface area contributed by atoms with E-state index in [0.717, 1.165) is 129 Å². The maximum Gasteiger partial charge on any atom is 0.135 e. The minimum Gasteiger partial charge on any atom is -0.456 e. The molecule has 9 heteroatoms. The van der Waals surface area contributed by atoms with Crippen LogP contribution in [0.15, 0.2) is 470 Å². The topological polar surface area (TPSA) is 49.1 Å². The molecular weight excluding hydrogens is 1520 g/mol. The molecule has 0 aliphatic rings. The highest BCUT2D eigenvalue weighted by Gasteiger charge is 2.24. The number of thiophene rings is 1. The molecule has 5 aromatic heterocycles. The van der Waals surface area contributed by atoms with Gasteiger partial charge in [0.1, 0.15) is 22.3 Å². The standard InChI is InChI=1S/C60H39N3O2.C54H37N3S/c1-3-13-42(14-4-1)61(44-26-23-40(24-27-44)41-25-34-50-49-17-7-10-20-55(49)63(56(50)37-41)43-15-5-2-6-16-43)45-28-30-46(31-29-45)62(47-32-35-59-53(38-47)51-18-8-11-21-57(51)64-59)48-33-36-60-54(39-48)52-19-9-12-22-58(52)65-60;1-4-14-40(15-5-1)55(43-27-24-38(25-28-43)39-26-34-48-47-20-10-12-22-51(47)57(52(48)36-39)42-18-8-3-9-19-42)44-29-31-45(32-30-44)56(41-16-6-2-7-17-41)46-33-35-54-50(37-46)49-21-11-13-23-53(49)58-54/h1-39H;1-37H. The van der Waals surface area contributed by atoms with Crippen LogP contribution in [0.4, 0.5) is 68.2 Å². The van der Waals surface area contributed by atoms with Crippen molar-refractivity contribution in [3.63, 3.8) is 0 Å². The highest BCUT2D eigenvalue weighted by Crippen LogP contribution is 2.48. The predicted octanol–water partition coefficient (Wildman–Crippen LogP) is 32.9. The van der Waals surface area contributed by atoms with Gasteiger partial charge >= 0.3 is 0 Å². The lowest BCUT2D eigenvalue weighted by Gasteiger charge is -2.28. The summed E-state index contributed by atoms with van der Waals surface area (Å²) in [7, 11) is 0. The molecule has 0 saturated heterocycles. The second-order valence-electron chi connectivity index (χ2n) is 31.2. The van der Waals surface area contributed by atoms with E-state index in [0.29, 0.717) is 0 Å². The Morgan fingerprint density at radius 2 is 0.431 bits per heavy atom. The van der Waals surface area contributed by atoms with Gasteiger partial charge in [0.25, 0.3) is 0 Å². The van der Waals surface area contributed by atoms with Gasteiger partial charge in [-0.1, -0.05) is 231 Å². The Bertz CT molecular complexity index is 7930. The van der Waals surface area contributed by atoms with E-state index >= 15 is 0 Å². The molecule has 0 N–H and O–H groups in total. The number of para-hydroxylation sites is 9. The predicted molar refractivity (Wildman–Crippen MR) is 519 cm³/mol. The first-order valence-electron chi connectivity index (χ1n) is 41.7. The average molecular weight is 1590 g/mol. The molecule has 0 aliphatic carbocycles. The zero-order valence-corrected chi connectivity index (χ0v) is 67.6. The van der Waals surface area contributed by atoms with Crippen LogP contribution in [0, 0.1) is 0 Å². The molecule has 5 heterocycles. The van der Waals surface area contributed by atoms with Crippen molar-refractivity contribution < 1.29 is 8.83 Å². The van der Waals surface area contributed by atoms with Gasteiger partial charge in [-0.15, -0.1) is 11.3 Å². The molecule has 8 nitrogen and oxygen atoms in total. The Labute approximate surface area is 714 Å². The minimum absolute atomic E-state index is 0.863. The lowest BCUT2D eigenvalue weighted by molar-refractivity contribution is 0.668. The summed E-state index contributed by atoms with van der Waals surface area (Å²) in [5.41, 5.74) is 28.2. The Morgan fingerprint density at radius 3 is 0.846 bits per heavy atom. The zero-order chi connectivity index (χ0) is 81.3. The summed E-state index contributed by atoms with van der Waals surface area (Å²) in [5.74, 6) is 0. The third-order valence-electron chi connectivity index (χ3n) is 23.9. The summed E-state index contributed by atoms with van der Waals surface area (Å²) in [6.45, 7) is 0. The first-order valence-corrected chi connectivity index (χ1v) is 42.5. The molecule has 0 aliphatic heterocycles. The van der Waals surface area contributed by atoms with E-state index in [2.05, 4.69) is 466 Å². The maximum atomic E-state index is 6.26. The Morgan fingerprint density at radius 1 is 0.163 bits per heavy atom. The Kier molecular flexibility index (Phi) is 17.9. The van der Waals surface area contributed by atoms with Gasteiger partial charge in [0.15, 0.2) is 0 Å². The molecule has 24 aromatic rings. The first-order chi connectivity index (χ1) is 61.0. The van der Waals surface area contributed by atoms with E-state index in [1.54, 1.807) is 0 Å². The number of rotatable bonds is 16. The van der Waals surface area contributed by atoms with Crippen molar-refractivity contribution in [2.45, 2.75) is 0 Å². The number of benzene rings is 19. The summed E-state index contributed by atoms with van der Waals surface area (Å²) in [6.07, 6.45) is 0. The molecule has 580 valence electrons. The Hall–Kier alpha value is -16.2. The second-order valence-corrected chi connectivity index (χ2v) is 32.2. The molecule has 0 bridgehead atoms. The quantitative estimate of drug-likeness (QED) is 0.0961. The fraction of sp³-hybridized carbons (Fsp3) is 0. The molecule has 123 heavy (non-hydrogen) atoms. The fourth-order valence-corrected chi connectivity index (χ4v) is 19.3. The monoisotopic (exact) mass is 1590 g/mol. The van der Waals surface area contributed by atoms with E-state index in [1.807, 2.05) is 35.6 Å². The van der Waals surface area contributed by atoms with Crippen LogP contribution < -0.4 is 19.6 Å². The molecule has 19 aromatic carbocycles. The minimum atomic E-state index is 0.863. The van der Waals surface area contributed by atoms with E-state index in [1.165, 1.54) is 80.5 Å². The van der Waals surface area contributed by atoms with Crippen molar-refractivity contribution >= 4 is 187 Å². The Balaban J connectivity index is 0.000000143. The third-order valence-corrected chi connectivity index (χ3v) is 25.1. The summed E-state index contributed by atoms with van der Waals surface area (Å²) in [5, 5.41) is 11.9. The zero-order valence-electron chi connectivity index (χ0n) is 66.8. The number of nitrogens with zero attached hydrogens (tertiary/aromatic N) is 6. The molecule has 0 amide bonds. The van der Waals surface area contributed by atoms with Gasteiger partial charge in [-0.05, 0) is 253 Å². The molecule has 0 radical (unpaired) electrons. The van der Waals surface area contributed by atoms with Gasteiger partial charge in [-0.3, -0.25) is 0 Å². The highest BCUT2D eigenvalue weighted by atomic mass is 32.1. The van der Waals surface area contributed by atoms with Gasteiger partial charge < -0.3 is 37.6 Å². The lowest BCUT2D eigenvalue weighted by Crippen LogP contribution is -2.12. The third kappa shape index (κ3) is 13.0. The second kappa shape index (κ2) is 30.6. The largest absolute Gasteiger partial charge is 0.456 e. The highest BCUT2D eigenvalue weighted by molar-refractivity contribution is 7.25. The molecule has 0 atom stereocenters. The van der Waals surface area contributed by atoms with E-state index in [-0.39, 0.29) is 0 Å². The van der Waals surface area contributed by atoms with Gasteiger partial charge in [0, 0.05) is 143 Å². The molecule has 0 unspecified atom stereocenters. The average Bonchev–Trinajstić information content (AvgIpc) is 1.63. The number of fused-ring (bicyclic) bond motifs is 15. The van der Waals surface area contributed by atoms with Crippen molar-refractivity contribution in [3.8, 4) is 33.6 Å². The molecule has 24 rings (SSSR count). The lowest BCUT2D eigenvalue weighted by atomic mass is 10.0. The normalized spacial score (nSPS) is 11.6. The van der Waals surface area contributed by atoms with Crippen LogP contribution in [0.3, 0.4) is 0 Å². The smallest absolute Gasteiger partial charge is 0.135 e. The van der Waals surface area contributed by atoms with E-state index in [4.69, 9.17) is 8.83 Å². The number of hydrogen-bond acceptors (Lipinski definition) is 7. The van der Waals surface area contributed by atoms with Crippen LogP contribution in [0.2, 0.25) is 0 Å². The molecule has 0 spiro atoms. The maximum absolute atomic E-state index is 6.26. The van der Waals surface area contributed by atoms with Crippen molar-refractivity contribution in [3.05, 3.63) is 461 Å². The molecule has 0 fully saturated rings. The van der Waals surface area contributed by atoms with Crippen LogP contribution in [-0.4, -0.2) is 9.13 Å². The summed E-state index contributed by atoms with van der Waals surface area (Å²) in [6, 6.07) is 165. The van der Waals surface area contributed by atoms with Crippen molar-refractivity contribution in [2.75, 3.05) is 19.6 Å². The van der Waals surface area contributed by atoms with Gasteiger partial charge in [-0.2, -0.15) is 0 Å². The number of aromatic nitrogens is 2. The summed E-state index contributed by atoms with van der Waals surface area (Å²) < 4.78 is 19.9. The SMILES string of the molecule is c1ccc(N(c2ccc(-c3ccc4c5ccccc5n(-c5ccccc5)c4c3)cc2)c2ccc(N(c3ccc4oc5ccccc5c4c3)c3ccc4oc5ccccc5c4c3)cc2)cc1.c1ccc(N(c2ccc(-c3ccc4c5ccccc5n(-c5ccccc5)c4c3)cc2)c2ccc(N(c3ccccc3)c3ccc4sc5ccccc5c4c3)cc2)cc1. The first kappa shape index (κ1) is 72.1. The number of furan rings is 2. The van der Waals surface area contributed by atoms with E-state index in [9.17, 15) is 0 Å². The van der Waals surface area contributed by atoms with Crippen LogP contribution in [0.25, 0.3) is 141 Å². The van der Waals surface area contributed by atoms with Crippen LogP contribution in [0.5, 0.6) is 0 Å². The van der Waals surface area contributed by atoms with Gasteiger partial charge in [-0.25, -0.2) is 0 Å². The van der Waals surface area contributed by atoms with Gasteiger partial charge in [0.2, 0.25) is 0 Å². The van der Waals surface area contributed by atoms with Crippen molar-refractivity contribution in [2.24, 2.45) is 0 Å².